The molecule has 1 aliphatic rings. The van der Waals surface area contributed by atoms with E-state index in [4.69, 9.17) is 5.73 Å². The number of nitrogens with two attached hydrogens (primary N) is 1. The maximum absolute atomic E-state index is 5.80. The largest absolute Gasteiger partial charge is 0.371 e. The van der Waals surface area contributed by atoms with E-state index in [0.717, 1.165) is 30.2 Å². The zero-order chi connectivity index (χ0) is 13.9. The number of rotatable bonds is 3. The summed E-state index contributed by atoms with van der Waals surface area (Å²) in [6, 6.07) is 10.6. The molecule has 3 heteroatoms. The van der Waals surface area contributed by atoms with Crippen LogP contribution in [0.2, 0.25) is 0 Å². The van der Waals surface area contributed by atoms with Gasteiger partial charge in [-0.3, -0.25) is 4.98 Å². The van der Waals surface area contributed by atoms with Gasteiger partial charge in [0.05, 0.1) is 11.2 Å². The summed E-state index contributed by atoms with van der Waals surface area (Å²) in [6.45, 7) is 5.10. The molecule has 1 aliphatic heterocycles. The number of nitrogens with zero attached hydrogens (tertiary/aromatic N) is 2. The molecule has 1 saturated heterocycles. The lowest BCUT2D eigenvalue weighted by Crippen LogP contribution is -2.33. The summed E-state index contributed by atoms with van der Waals surface area (Å²) in [6.07, 6.45) is 3.90. The van der Waals surface area contributed by atoms with Crippen LogP contribution < -0.4 is 10.6 Å². The number of fused-ring (bicyclic) bond motifs is 1. The fraction of sp³-hybridized carbons (Fsp3) is 0.471. The van der Waals surface area contributed by atoms with Gasteiger partial charge < -0.3 is 10.6 Å². The van der Waals surface area contributed by atoms with Crippen LogP contribution in [0.4, 0.5) is 5.69 Å². The number of para-hydroxylation sites is 1. The van der Waals surface area contributed by atoms with Gasteiger partial charge in [0.25, 0.3) is 0 Å². The zero-order valence-corrected chi connectivity index (χ0v) is 12.2. The summed E-state index contributed by atoms with van der Waals surface area (Å²) in [5.74, 6) is 0.897. The number of benzene rings is 1. The van der Waals surface area contributed by atoms with Crippen LogP contribution in [0.1, 0.15) is 31.9 Å². The molecule has 106 valence electrons. The minimum atomic E-state index is 0.503. The first-order valence-electron chi connectivity index (χ1n) is 7.65. The Labute approximate surface area is 120 Å². The topological polar surface area (TPSA) is 42.1 Å². The van der Waals surface area contributed by atoms with Crippen LogP contribution in [-0.4, -0.2) is 18.1 Å². The third-order valence-corrected chi connectivity index (χ3v) is 4.49. The maximum Gasteiger partial charge on any atom is 0.0726 e. The molecule has 20 heavy (non-hydrogen) atoms. The van der Waals surface area contributed by atoms with Crippen LogP contribution >= 0.6 is 0 Å². The quantitative estimate of drug-likeness (QED) is 0.929. The van der Waals surface area contributed by atoms with Gasteiger partial charge in [-0.25, -0.2) is 0 Å². The third kappa shape index (κ3) is 2.50. The first-order valence-corrected chi connectivity index (χ1v) is 7.65. The number of pyridine rings is 1. The van der Waals surface area contributed by atoms with E-state index in [2.05, 4.69) is 41.1 Å². The lowest BCUT2D eigenvalue weighted by molar-refractivity contribution is 0.395. The average molecular weight is 269 g/mol. The van der Waals surface area contributed by atoms with E-state index in [0.29, 0.717) is 6.54 Å². The lowest BCUT2D eigenvalue weighted by Gasteiger charge is -2.34. The summed E-state index contributed by atoms with van der Waals surface area (Å²) in [7, 11) is 0. The van der Waals surface area contributed by atoms with Crippen LogP contribution in [0.3, 0.4) is 0 Å². The summed E-state index contributed by atoms with van der Waals surface area (Å²) < 4.78 is 0. The molecule has 0 aliphatic carbocycles. The van der Waals surface area contributed by atoms with Gasteiger partial charge in [-0.15, -0.1) is 0 Å². The average Bonchev–Trinajstić information content (AvgIpc) is 2.54. The first kappa shape index (κ1) is 13.4. The SMILES string of the molecule is CCC1CCN(c2cc(CN)nc3ccccc23)CC1. The molecule has 0 saturated carbocycles. The van der Waals surface area contributed by atoms with Gasteiger partial charge in [0.2, 0.25) is 0 Å². The van der Waals surface area contributed by atoms with Crippen molar-refractivity contribution in [2.75, 3.05) is 18.0 Å². The molecule has 0 atom stereocenters. The number of hydrogen-bond donors (Lipinski definition) is 1. The molecule has 2 N–H and O–H groups in total. The molecular weight excluding hydrogens is 246 g/mol. The van der Waals surface area contributed by atoms with Crippen molar-refractivity contribution in [1.29, 1.82) is 0 Å². The molecule has 3 nitrogen and oxygen atoms in total. The van der Waals surface area contributed by atoms with E-state index >= 15 is 0 Å². The highest BCUT2D eigenvalue weighted by atomic mass is 15.1. The highest BCUT2D eigenvalue weighted by Crippen LogP contribution is 2.31. The van der Waals surface area contributed by atoms with Crippen LogP contribution in [0.5, 0.6) is 0 Å². The monoisotopic (exact) mass is 269 g/mol. The van der Waals surface area contributed by atoms with Crippen LogP contribution in [0, 0.1) is 5.92 Å². The summed E-state index contributed by atoms with van der Waals surface area (Å²) in [5, 5.41) is 1.25. The predicted octanol–water partition coefficient (Wildman–Crippen LogP) is 3.32. The number of aromatic nitrogens is 1. The van der Waals surface area contributed by atoms with Crippen molar-refractivity contribution >= 4 is 16.6 Å². The minimum absolute atomic E-state index is 0.503. The third-order valence-electron chi connectivity index (χ3n) is 4.49. The van der Waals surface area contributed by atoms with Crippen molar-refractivity contribution in [1.82, 2.24) is 4.98 Å². The van der Waals surface area contributed by atoms with Gasteiger partial charge in [0.15, 0.2) is 0 Å². The molecule has 2 aromatic rings. The van der Waals surface area contributed by atoms with Crippen molar-refractivity contribution in [2.45, 2.75) is 32.7 Å². The van der Waals surface area contributed by atoms with Crippen LogP contribution in [-0.2, 0) is 6.54 Å². The Balaban J connectivity index is 1.98. The molecule has 1 aromatic carbocycles. The lowest BCUT2D eigenvalue weighted by atomic mass is 9.94. The second-order valence-corrected chi connectivity index (χ2v) is 5.69. The molecule has 0 radical (unpaired) electrons. The Kier molecular flexibility index (Phi) is 3.88. The smallest absolute Gasteiger partial charge is 0.0726 e. The second-order valence-electron chi connectivity index (χ2n) is 5.69. The number of anilines is 1. The minimum Gasteiger partial charge on any atom is -0.371 e. The molecule has 3 rings (SSSR count). The predicted molar refractivity (Wildman–Crippen MR) is 84.9 cm³/mol. The van der Waals surface area contributed by atoms with Crippen molar-refractivity contribution in [3.05, 3.63) is 36.0 Å². The fourth-order valence-electron chi connectivity index (χ4n) is 3.16. The summed E-state index contributed by atoms with van der Waals surface area (Å²) >= 11 is 0. The van der Waals surface area contributed by atoms with E-state index in [-0.39, 0.29) is 0 Å². The van der Waals surface area contributed by atoms with Crippen molar-refractivity contribution in [3.8, 4) is 0 Å². The molecule has 2 heterocycles. The van der Waals surface area contributed by atoms with Gasteiger partial charge in [-0.1, -0.05) is 31.5 Å². The van der Waals surface area contributed by atoms with Gasteiger partial charge in [0, 0.05) is 30.7 Å². The Hall–Kier alpha value is -1.61. The highest BCUT2D eigenvalue weighted by Gasteiger charge is 2.20. The molecular formula is C17H23N3. The zero-order valence-electron chi connectivity index (χ0n) is 12.2. The van der Waals surface area contributed by atoms with Crippen molar-refractivity contribution in [2.24, 2.45) is 11.7 Å². The van der Waals surface area contributed by atoms with Gasteiger partial charge >= 0.3 is 0 Å². The number of hydrogen-bond acceptors (Lipinski definition) is 3. The second kappa shape index (κ2) is 5.80. The van der Waals surface area contributed by atoms with E-state index in [9.17, 15) is 0 Å². The van der Waals surface area contributed by atoms with E-state index in [1.54, 1.807) is 0 Å². The Morgan fingerprint density at radius 1 is 1.25 bits per heavy atom. The van der Waals surface area contributed by atoms with E-state index in [1.165, 1.54) is 30.3 Å². The van der Waals surface area contributed by atoms with Crippen LogP contribution in [0.15, 0.2) is 30.3 Å². The molecule has 1 fully saturated rings. The van der Waals surface area contributed by atoms with Gasteiger partial charge in [-0.05, 0) is 30.9 Å². The molecule has 0 unspecified atom stereocenters. The standard InChI is InChI=1S/C17H23N3/c1-2-13-7-9-20(10-8-13)17-11-14(12-18)19-16-6-4-3-5-15(16)17/h3-6,11,13H,2,7-10,12,18H2,1H3. The molecule has 0 bridgehead atoms. The van der Waals surface area contributed by atoms with Gasteiger partial charge in [0.1, 0.15) is 0 Å². The van der Waals surface area contributed by atoms with E-state index < -0.39 is 0 Å². The maximum atomic E-state index is 5.80. The Morgan fingerprint density at radius 3 is 2.70 bits per heavy atom. The van der Waals surface area contributed by atoms with E-state index in [1.807, 2.05) is 6.07 Å². The van der Waals surface area contributed by atoms with Crippen molar-refractivity contribution in [3.63, 3.8) is 0 Å². The van der Waals surface area contributed by atoms with Crippen molar-refractivity contribution < 1.29 is 0 Å². The highest BCUT2D eigenvalue weighted by molar-refractivity contribution is 5.92. The molecule has 0 spiro atoms. The summed E-state index contributed by atoms with van der Waals surface area (Å²) in [4.78, 5) is 7.14. The van der Waals surface area contributed by atoms with Gasteiger partial charge in [-0.2, -0.15) is 0 Å². The number of piperidine rings is 1. The Morgan fingerprint density at radius 2 is 2.00 bits per heavy atom. The first-order chi connectivity index (χ1) is 9.81. The Bertz CT molecular complexity index is 586. The summed E-state index contributed by atoms with van der Waals surface area (Å²) in [5.41, 5.74) is 9.15. The fourth-order valence-corrected chi connectivity index (χ4v) is 3.16. The molecule has 1 aromatic heterocycles. The van der Waals surface area contributed by atoms with Crippen LogP contribution in [0.25, 0.3) is 10.9 Å². The molecule has 0 amide bonds. The normalized spacial score (nSPS) is 16.8.